The van der Waals surface area contributed by atoms with Crippen LogP contribution in [0.4, 0.5) is 0 Å². The lowest BCUT2D eigenvalue weighted by molar-refractivity contribution is -0.126. The molecule has 3 rings (SSSR count). The minimum Gasteiger partial charge on any atom is -0.274 e. The molecule has 0 saturated carbocycles. The van der Waals surface area contributed by atoms with Crippen LogP contribution in [0.3, 0.4) is 0 Å². The van der Waals surface area contributed by atoms with Gasteiger partial charge in [0.1, 0.15) is 0 Å². The lowest BCUT2D eigenvalue weighted by atomic mass is 10.1. The molecule has 0 saturated heterocycles. The fourth-order valence-corrected chi connectivity index (χ4v) is 3.44. The van der Waals surface area contributed by atoms with Crippen LogP contribution < -0.4 is 16.4 Å². The first-order valence-electron chi connectivity index (χ1n) is 8.64. The van der Waals surface area contributed by atoms with E-state index < -0.39 is 5.91 Å². The molecule has 28 heavy (non-hydrogen) atoms. The number of para-hydroxylation sites is 1. The van der Waals surface area contributed by atoms with E-state index >= 15 is 0 Å². The van der Waals surface area contributed by atoms with Crippen molar-refractivity contribution in [3.63, 3.8) is 0 Å². The molecule has 3 aromatic rings. The Morgan fingerprint density at radius 2 is 1.82 bits per heavy atom. The number of carbonyl (C=O) groups excluding carboxylic acids is 2. The Morgan fingerprint density at radius 1 is 1.07 bits per heavy atom. The molecule has 144 valence electrons. The minimum absolute atomic E-state index is 0.00406. The highest BCUT2D eigenvalue weighted by Gasteiger charge is 2.15. The molecule has 2 amide bonds. The number of hydrogen-bond donors (Lipinski definition) is 2. The third-order valence-electron chi connectivity index (χ3n) is 4.20. The third-order valence-corrected chi connectivity index (χ3v) is 5.14. The molecule has 7 nitrogen and oxygen atoms in total. The normalized spacial score (nSPS) is 10.7. The van der Waals surface area contributed by atoms with Crippen LogP contribution in [-0.2, 0) is 9.59 Å². The molecular formula is C20H20N4O3S. The van der Waals surface area contributed by atoms with Gasteiger partial charge in [0.2, 0.25) is 11.8 Å². The standard InChI is InChI=1S/C20H20N4O3S/c1-12-8-9-15(10-13(12)2)24-19(27)16-6-4-5-7-17(16)21-20(24)28-11-18(26)23-22-14(3)25/h4-10H,11H2,1-3H3,(H,22,25)(H,23,26). The average molecular weight is 396 g/mol. The van der Waals surface area contributed by atoms with Crippen LogP contribution in [-0.4, -0.2) is 27.1 Å². The van der Waals surface area contributed by atoms with Crippen LogP contribution >= 0.6 is 11.8 Å². The number of thioether (sulfide) groups is 1. The Hall–Kier alpha value is -3.13. The molecule has 8 heteroatoms. The SMILES string of the molecule is CC(=O)NNC(=O)CSc1nc2ccccc2c(=O)n1-c1ccc(C)c(C)c1. The summed E-state index contributed by atoms with van der Waals surface area (Å²) in [4.78, 5) is 40.6. The molecule has 0 atom stereocenters. The molecule has 0 bridgehead atoms. The van der Waals surface area contributed by atoms with Crippen LogP contribution in [0.15, 0.2) is 52.4 Å². The molecule has 0 aliphatic carbocycles. The summed E-state index contributed by atoms with van der Waals surface area (Å²) in [5.41, 5.74) is 7.78. The number of carbonyl (C=O) groups is 2. The lowest BCUT2D eigenvalue weighted by Gasteiger charge is -2.14. The highest BCUT2D eigenvalue weighted by Crippen LogP contribution is 2.22. The van der Waals surface area contributed by atoms with Crippen molar-refractivity contribution >= 4 is 34.5 Å². The zero-order valence-corrected chi connectivity index (χ0v) is 16.6. The van der Waals surface area contributed by atoms with Crippen molar-refractivity contribution in [1.29, 1.82) is 0 Å². The van der Waals surface area contributed by atoms with Gasteiger partial charge in [-0.15, -0.1) is 0 Å². The van der Waals surface area contributed by atoms with E-state index in [-0.39, 0.29) is 17.2 Å². The molecule has 0 fully saturated rings. The van der Waals surface area contributed by atoms with E-state index in [4.69, 9.17) is 0 Å². The van der Waals surface area contributed by atoms with Crippen molar-refractivity contribution in [1.82, 2.24) is 20.4 Å². The van der Waals surface area contributed by atoms with Gasteiger partial charge in [0.05, 0.1) is 22.3 Å². The van der Waals surface area contributed by atoms with E-state index in [1.165, 1.54) is 11.5 Å². The zero-order chi connectivity index (χ0) is 20.3. The summed E-state index contributed by atoms with van der Waals surface area (Å²) in [7, 11) is 0. The van der Waals surface area contributed by atoms with Crippen molar-refractivity contribution in [3.05, 3.63) is 63.9 Å². The number of amides is 2. The van der Waals surface area contributed by atoms with E-state index in [0.29, 0.717) is 21.7 Å². The highest BCUT2D eigenvalue weighted by atomic mass is 32.2. The predicted octanol–water partition coefficient (Wildman–Crippen LogP) is 2.26. The number of benzene rings is 2. The van der Waals surface area contributed by atoms with E-state index in [9.17, 15) is 14.4 Å². The van der Waals surface area contributed by atoms with E-state index in [2.05, 4.69) is 15.8 Å². The summed E-state index contributed by atoms with van der Waals surface area (Å²) in [6, 6.07) is 12.8. The summed E-state index contributed by atoms with van der Waals surface area (Å²) in [6.07, 6.45) is 0. The smallest absolute Gasteiger partial charge is 0.266 e. The second kappa shape index (κ2) is 8.26. The quantitative estimate of drug-likeness (QED) is 0.401. The second-order valence-electron chi connectivity index (χ2n) is 6.34. The van der Waals surface area contributed by atoms with Crippen molar-refractivity contribution in [2.24, 2.45) is 0 Å². The van der Waals surface area contributed by atoms with Gasteiger partial charge in [-0.3, -0.25) is 29.8 Å². The number of hydrogen-bond acceptors (Lipinski definition) is 5. The summed E-state index contributed by atoms with van der Waals surface area (Å²) in [6.45, 7) is 5.28. The number of hydrazine groups is 1. The number of nitrogens with zero attached hydrogens (tertiary/aromatic N) is 2. The fourth-order valence-electron chi connectivity index (χ4n) is 2.63. The van der Waals surface area contributed by atoms with Gasteiger partial charge in [0.25, 0.3) is 5.56 Å². The average Bonchev–Trinajstić information content (AvgIpc) is 2.67. The number of fused-ring (bicyclic) bond motifs is 1. The van der Waals surface area contributed by atoms with Crippen molar-refractivity contribution < 1.29 is 9.59 Å². The van der Waals surface area contributed by atoms with Gasteiger partial charge < -0.3 is 0 Å². The summed E-state index contributed by atoms with van der Waals surface area (Å²) in [5.74, 6) is -0.765. The monoisotopic (exact) mass is 396 g/mol. The first-order valence-corrected chi connectivity index (χ1v) is 9.63. The number of rotatable bonds is 4. The Bertz CT molecular complexity index is 1120. The summed E-state index contributed by atoms with van der Waals surface area (Å²) in [5, 5.41) is 0.915. The van der Waals surface area contributed by atoms with Gasteiger partial charge in [0.15, 0.2) is 5.16 Å². The molecule has 1 heterocycles. The van der Waals surface area contributed by atoms with Gasteiger partial charge in [0, 0.05) is 6.92 Å². The van der Waals surface area contributed by atoms with Crippen LogP contribution in [0.5, 0.6) is 0 Å². The van der Waals surface area contributed by atoms with Gasteiger partial charge in [-0.1, -0.05) is 30.0 Å². The minimum atomic E-state index is -0.394. The van der Waals surface area contributed by atoms with Crippen molar-refractivity contribution in [3.8, 4) is 5.69 Å². The number of aryl methyl sites for hydroxylation is 2. The fraction of sp³-hybridized carbons (Fsp3) is 0.200. The molecule has 0 aliphatic rings. The number of nitrogens with one attached hydrogen (secondary N) is 2. The topological polar surface area (TPSA) is 93.1 Å². The molecule has 2 aromatic carbocycles. The van der Waals surface area contributed by atoms with Crippen LogP contribution in [0.25, 0.3) is 16.6 Å². The maximum absolute atomic E-state index is 13.2. The molecule has 2 N–H and O–H groups in total. The highest BCUT2D eigenvalue weighted by molar-refractivity contribution is 7.99. The third kappa shape index (κ3) is 4.23. The largest absolute Gasteiger partial charge is 0.274 e. The van der Waals surface area contributed by atoms with Gasteiger partial charge in [-0.25, -0.2) is 4.98 Å². The van der Waals surface area contributed by atoms with Crippen molar-refractivity contribution in [2.75, 3.05) is 5.75 Å². The molecule has 0 aliphatic heterocycles. The molecule has 1 aromatic heterocycles. The van der Waals surface area contributed by atoms with Gasteiger partial charge >= 0.3 is 0 Å². The summed E-state index contributed by atoms with van der Waals surface area (Å²) < 4.78 is 1.52. The maximum Gasteiger partial charge on any atom is 0.266 e. The van der Waals surface area contributed by atoms with Crippen molar-refractivity contribution in [2.45, 2.75) is 25.9 Å². The van der Waals surface area contributed by atoms with Gasteiger partial charge in [-0.05, 0) is 49.2 Å². The Balaban J connectivity index is 2.04. The lowest BCUT2D eigenvalue weighted by Crippen LogP contribution is -2.41. The summed E-state index contributed by atoms with van der Waals surface area (Å²) >= 11 is 1.13. The Morgan fingerprint density at radius 3 is 2.54 bits per heavy atom. The zero-order valence-electron chi connectivity index (χ0n) is 15.8. The Labute approximate surface area is 166 Å². The molecule has 0 spiro atoms. The first-order chi connectivity index (χ1) is 13.4. The molecular weight excluding hydrogens is 376 g/mol. The van der Waals surface area contributed by atoms with Gasteiger partial charge in [-0.2, -0.15) is 0 Å². The Kier molecular flexibility index (Phi) is 5.79. The first kappa shape index (κ1) is 19.6. The van der Waals surface area contributed by atoms with E-state index in [0.717, 1.165) is 22.9 Å². The van der Waals surface area contributed by atoms with Crippen LogP contribution in [0.2, 0.25) is 0 Å². The van der Waals surface area contributed by atoms with Crippen LogP contribution in [0.1, 0.15) is 18.1 Å². The predicted molar refractivity (Wildman–Crippen MR) is 109 cm³/mol. The van der Waals surface area contributed by atoms with Crippen LogP contribution in [0, 0.1) is 13.8 Å². The number of aromatic nitrogens is 2. The maximum atomic E-state index is 13.2. The molecule has 0 unspecified atom stereocenters. The second-order valence-corrected chi connectivity index (χ2v) is 7.28. The van der Waals surface area contributed by atoms with E-state index in [1.807, 2.05) is 38.1 Å². The molecule has 0 radical (unpaired) electrons. The van der Waals surface area contributed by atoms with E-state index in [1.54, 1.807) is 18.2 Å².